The molecule has 2 bridgehead atoms. The molecular formula is C11H21FN2. The molecule has 0 aliphatic carbocycles. The standard InChI is InChI=1S/C11H21FN2/c1-14-10-3-2-4-11(14)8-9(7-10)13-6-5-12/h9-11,13H,2-8H2,1H3. The highest BCUT2D eigenvalue weighted by Gasteiger charge is 2.35. The lowest BCUT2D eigenvalue weighted by Gasteiger charge is -2.47. The molecule has 2 heterocycles. The van der Waals surface area contributed by atoms with E-state index in [0.29, 0.717) is 12.6 Å². The zero-order valence-corrected chi connectivity index (χ0v) is 9.01. The van der Waals surface area contributed by atoms with Crippen LogP contribution in [0.5, 0.6) is 0 Å². The van der Waals surface area contributed by atoms with E-state index in [2.05, 4.69) is 17.3 Å². The van der Waals surface area contributed by atoms with Crippen molar-refractivity contribution in [2.45, 2.75) is 50.2 Å². The largest absolute Gasteiger partial charge is 0.311 e. The molecule has 1 N–H and O–H groups in total. The van der Waals surface area contributed by atoms with E-state index in [0.717, 1.165) is 12.1 Å². The molecule has 0 aromatic heterocycles. The number of hydrogen-bond acceptors (Lipinski definition) is 2. The highest BCUT2D eigenvalue weighted by atomic mass is 19.1. The Kier molecular flexibility index (Phi) is 3.39. The van der Waals surface area contributed by atoms with Crippen molar-refractivity contribution in [2.24, 2.45) is 0 Å². The Labute approximate surface area is 85.9 Å². The van der Waals surface area contributed by atoms with E-state index < -0.39 is 0 Å². The molecule has 0 aromatic carbocycles. The van der Waals surface area contributed by atoms with Crippen LogP contribution in [0.25, 0.3) is 0 Å². The van der Waals surface area contributed by atoms with Crippen LogP contribution in [0.2, 0.25) is 0 Å². The molecule has 2 nitrogen and oxygen atoms in total. The molecule has 3 heteroatoms. The van der Waals surface area contributed by atoms with E-state index in [9.17, 15) is 4.39 Å². The highest BCUT2D eigenvalue weighted by Crippen LogP contribution is 2.32. The van der Waals surface area contributed by atoms with Crippen LogP contribution in [0.1, 0.15) is 32.1 Å². The van der Waals surface area contributed by atoms with Crippen molar-refractivity contribution in [1.29, 1.82) is 0 Å². The van der Waals surface area contributed by atoms with Crippen LogP contribution in [0.15, 0.2) is 0 Å². The van der Waals surface area contributed by atoms with Gasteiger partial charge < -0.3 is 10.2 Å². The zero-order valence-electron chi connectivity index (χ0n) is 9.01. The van der Waals surface area contributed by atoms with Crippen molar-refractivity contribution in [3.63, 3.8) is 0 Å². The zero-order chi connectivity index (χ0) is 9.97. The molecule has 2 atom stereocenters. The maximum absolute atomic E-state index is 12.0. The number of alkyl halides is 1. The Hall–Kier alpha value is -0.150. The molecule has 0 spiro atoms. The number of fused-ring (bicyclic) bond motifs is 2. The first-order valence-corrected chi connectivity index (χ1v) is 5.82. The number of nitrogens with one attached hydrogen (secondary N) is 1. The number of halogens is 1. The van der Waals surface area contributed by atoms with Gasteiger partial charge in [0.25, 0.3) is 0 Å². The van der Waals surface area contributed by atoms with Gasteiger partial charge in [0.2, 0.25) is 0 Å². The number of piperidine rings is 2. The SMILES string of the molecule is CN1C2CCCC1CC(NCCF)C2. The van der Waals surface area contributed by atoms with Crippen molar-refractivity contribution < 1.29 is 4.39 Å². The van der Waals surface area contributed by atoms with Crippen molar-refractivity contribution in [1.82, 2.24) is 10.2 Å². The summed E-state index contributed by atoms with van der Waals surface area (Å²) in [5.74, 6) is 0. The first-order chi connectivity index (χ1) is 6.81. The number of rotatable bonds is 3. The van der Waals surface area contributed by atoms with Crippen molar-refractivity contribution >= 4 is 0 Å². The van der Waals surface area contributed by atoms with Gasteiger partial charge in [-0.25, -0.2) is 4.39 Å². The molecule has 2 aliphatic rings. The summed E-state index contributed by atoms with van der Waals surface area (Å²) in [6.07, 6.45) is 6.48. The van der Waals surface area contributed by atoms with Gasteiger partial charge in [-0.15, -0.1) is 0 Å². The van der Waals surface area contributed by atoms with E-state index in [4.69, 9.17) is 0 Å². The molecule has 2 unspecified atom stereocenters. The molecule has 0 aromatic rings. The van der Waals surface area contributed by atoms with Crippen molar-refractivity contribution in [3.05, 3.63) is 0 Å². The minimum atomic E-state index is -0.234. The van der Waals surface area contributed by atoms with Crippen LogP contribution in [0.4, 0.5) is 4.39 Å². The van der Waals surface area contributed by atoms with E-state index in [1.54, 1.807) is 0 Å². The Morgan fingerprint density at radius 1 is 1.29 bits per heavy atom. The lowest BCUT2D eigenvalue weighted by atomic mass is 9.82. The van der Waals surface area contributed by atoms with Crippen molar-refractivity contribution in [2.75, 3.05) is 20.3 Å². The summed E-state index contributed by atoms with van der Waals surface area (Å²) in [6, 6.07) is 2.07. The summed E-state index contributed by atoms with van der Waals surface area (Å²) in [5.41, 5.74) is 0. The fourth-order valence-corrected chi connectivity index (χ4v) is 3.04. The van der Waals surface area contributed by atoms with E-state index in [1.165, 1.54) is 32.1 Å². The summed E-state index contributed by atoms with van der Waals surface area (Å²) in [7, 11) is 2.25. The van der Waals surface area contributed by atoms with Crippen LogP contribution in [-0.4, -0.2) is 43.3 Å². The van der Waals surface area contributed by atoms with Crippen LogP contribution in [-0.2, 0) is 0 Å². The minimum absolute atomic E-state index is 0.234. The summed E-state index contributed by atoms with van der Waals surface area (Å²) in [4.78, 5) is 2.54. The predicted molar refractivity (Wildman–Crippen MR) is 56.2 cm³/mol. The average molecular weight is 200 g/mol. The smallest absolute Gasteiger partial charge is 0.102 e. The van der Waals surface area contributed by atoms with E-state index in [-0.39, 0.29) is 6.67 Å². The first-order valence-electron chi connectivity index (χ1n) is 5.82. The second-order valence-corrected chi connectivity index (χ2v) is 4.72. The lowest BCUT2D eigenvalue weighted by molar-refractivity contribution is 0.0484. The minimum Gasteiger partial charge on any atom is -0.311 e. The second kappa shape index (κ2) is 4.58. The molecule has 0 radical (unpaired) electrons. The second-order valence-electron chi connectivity index (χ2n) is 4.72. The highest BCUT2D eigenvalue weighted by molar-refractivity contribution is 4.93. The van der Waals surface area contributed by atoms with Crippen LogP contribution < -0.4 is 5.32 Å². The molecule has 82 valence electrons. The topological polar surface area (TPSA) is 15.3 Å². The molecule has 2 aliphatic heterocycles. The van der Waals surface area contributed by atoms with Gasteiger partial charge in [0, 0.05) is 24.7 Å². The van der Waals surface area contributed by atoms with Gasteiger partial charge in [0.15, 0.2) is 0 Å². The maximum Gasteiger partial charge on any atom is 0.102 e. The third kappa shape index (κ3) is 2.09. The Morgan fingerprint density at radius 2 is 1.93 bits per heavy atom. The molecule has 2 saturated heterocycles. The van der Waals surface area contributed by atoms with Gasteiger partial charge in [0.05, 0.1) is 0 Å². The van der Waals surface area contributed by atoms with Crippen LogP contribution >= 0.6 is 0 Å². The lowest BCUT2D eigenvalue weighted by Crippen LogP contribution is -2.54. The molecule has 0 saturated carbocycles. The Morgan fingerprint density at radius 3 is 2.50 bits per heavy atom. The van der Waals surface area contributed by atoms with Gasteiger partial charge in [-0.1, -0.05) is 6.42 Å². The fourth-order valence-electron chi connectivity index (χ4n) is 3.04. The van der Waals surface area contributed by atoms with Gasteiger partial charge in [0.1, 0.15) is 6.67 Å². The fraction of sp³-hybridized carbons (Fsp3) is 1.00. The maximum atomic E-state index is 12.0. The van der Waals surface area contributed by atoms with E-state index >= 15 is 0 Å². The number of hydrogen-bond donors (Lipinski definition) is 1. The van der Waals surface area contributed by atoms with E-state index in [1.807, 2.05) is 0 Å². The molecule has 2 fully saturated rings. The predicted octanol–water partition coefficient (Wildman–Crippen LogP) is 1.56. The normalized spacial score (nSPS) is 38.6. The van der Waals surface area contributed by atoms with Gasteiger partial charge in [-0.05, 0) is 32.7 Å². The summed E-state index contributed by atoms with van der Waals surface area (Å²) >= 11 is 0. The van der Waals surface area contributed by atoms with Crippen LogP contribution in [0.3, 0.4) is 0 Å². The Bertz CT molecular complexity index is 172. The quantitative estimate of drug-likeness (QED) is 0.744. The Balaban J connectivity index is 1.87. The van der Waals surface area contributed by atoms with Gasteiger partial charge in [-0.3, -0.25) is 0 Å². The molecule has 0 amide bonds. The van der Waals surface area contributed by atoms with Gasteiger partial charge in [-0.2, -0.15) is 0 Å². The average Bonchev–Trinajstić information content (AvgIpc) is 2.15. The molecule has 14 heavy (non-hydrogen) atoms. The summed E-state index contributed by atoms with van der Waals surface area (Å²) in [6.45, 7) is 0.301. The van der Waals surface area contributed by atoms with Crippen molar-refractivity contribution in [3.8, 4) is 0 Å². The molecule has 2 rings (SSSR count). The summed E-state index contributed by atoms with van der Waals surface area (Å²) < 4.78 is 12.0. The van der Waals surface area contributed by atoms with Gasteiger partial charge >= 0.3 is 0 Å². The first kappa shape index (κ1) is 10.4. The molecular weight excluding hydrogens is 179 g/mol. The van der Waals surface area contributed by atoms with Crippen LogP contribution in [0, 0.1) is 0 Å². The number of nitrogens with zero attached hydrogens (tertiary/aromatic N) is 1. The monoisotopic (exact) mass is 200 g/mol. The third-order valence-corrected chi connectivity index (χ3v) is 3.87. The third-order valence-electron chi connectivity index (χ3n) is 3.87. The summed E-state index contributed by atoms with van der Waals surface area (Å²) in [5, 5.41) is 3.32.